The molecule has 3 fully saturated rings. The zero-order chi connectivity index (χ0) is 21.1. The van der Waals surface area contributed by atoms with E-state index >= 15 is 0 Å². The van der Waals surface area contributed by atoms with Crippen LogP contribution in [0.1, 0.15) is 38.8 Å². The van der Waals surface area contributed by atoms with Crippen LogP contribution in [-0.2, 0) is 9.53 Å². The van der Waals surface area contributed by atoms with Gasteiger partial charge < -0.3 is 14.8 Å². The first-order chi connectivity index (χ1) is 14.6. The highest BCUT2D eigenvalue weighted by Crippen LogP contribution is 2.64. The zero-order valence-electron chi connectivity index (χ0n) is 17.7. The number of ether oxygens (including phenoxy) is 2. The number of carbonyl (C=O) groups is 1. The number of nitrogens with one attached hydrogen (secondary N) is 1. The summed E-state index contributed by atoms with van der Waals surface area (Å²) < 4.78 is 11.2. The van der Waals surface area contributed by atoms with E-state index in [0.29, 0.717) is 13.2 Å². The van der Waals surface area contributed by atoms with Crippen LogP contribution in [0.15, 0.2) is 41.8 Å². The molecule has 1 N–H and O–H groups in total. The first-order valence-electron chi connectivity index (χ1n) is 10.4. The van der Waals surface area contributed by atoms with Gasteiger partial charge in [0.25, 0.3) is 0 Å². The van der Waals surface area contributed by atoms with Gasteiger partial charge in [0.2, 0.25) is 5.91 Å². The van der Waals surface area contributed by atoms with E-state index in [1.807, 2.05) is 49.6 Å². The van der Waals surface area contributed by atoms with Crippen molar-refractivity contribution in [3.05, 3.63) is 47.5 Å². The summed E-state index contributed by atoms with van der Waals surface area (Å²) in [6.45, 7) is 4.95. The number of rotatable bonds is 9. The first kappa shape index (κ1) is 20.9. The largest absolute Gasteiger partial charge is 0.490 e. The molecule has 30 heavy (non-hydrogen) atoms. The fraction of sp³-hybridized carbons (Fsp3) is 0.417. The van der Waals surface area contributed by atoms with Crippen molar-refractivity contribution in [2.75, 3.05) is 25.6 Å². The molecule has 1 amide bonds. The SMILES string of the molecule is C/C=C\S/C(=C\C)c1cc(OCCOC)c2cc(NC(=O)C34CC(C3)C4)ccc2n1. The Morgan fingerprint density at radius 3 is 2.70 bits per heavy atom. The molecule has 5 nitrogen and oxygen atoms in total. The number of thioether (sulfide) groups is 1. The van der Waals surface area contributed by atoms with Gasteiger partial charge in [0.05, 0.1) is 23.2 Å². The standard InChI is InChI=1S/C24H28N2O3S/c1-4-10-30-22(5-2)20-12-21(29-9-8-28-3)18-11-17(6-7-19(18)26-20)25-23(27)24-13-16(14-24)15-24/h4-7,10-12,16H,8-9,13-15H2,1-3H3,(H,25,27)/b10-4-,22-5-. The van der Waals surface area contributed by atoms with E-state index < -0.39 is 0 Å². The van der Waals surface area contributed by atoms with Crippen LogP contribution in [-0.4, -0.2) is 31.2 Å². The Hall–Kier alpha value is -2.31. The van der Waals surface area contributed by atoms with Crippen molar-refractivity contribution in [2.45, 2.75) is 33.1 Å². The van der Waals surface area contributed by atoms with Crippen molar-refractivity contribution in [3.63, 3.8) is 0 Å². The second-order valence-electron chi connectivity index (χ2n) is 8.03. The Kier molecular flexibility index (Phi) is 6.16. The number of hydrogen-bond donors (Lipinski definition) is 1. The Bertz CT molecular complexity index is 998. The molecule has 3 saturated carbocycles. The number of benzene rings is 1. The van der Waals surface area contributed by atoms with Crippen molar-refractivity contribution in [3.8, 4) is 5.75 Å². The first-order valence-corrected chi connectivity index (χ1v) is 11.3. The van der Waals surface area contributed by atoms with Crippen molar-refractivity contribution in [1.82, 2.24) is 4.98 Å². The molecule has 1 aromatic heterocycles. The molecule has 1 aromatic carbocycles. The molecular weight excluding hydrogens is 396 g/mol. The lowest BCUT2D eigenvalue weighted by Gasteiger charge is -2.60. The van der Waals surface area contributed by atoms with Crippen LogP contribution in [0.2, 0.25) is 0 Å². The number of hydrogen-bond acceptors (Lipinski definition) is 5. The van der Waals surface area contributed by atoms with Crippen LogP contribution in [0.4, 0.5) is 5.69 Å². The number of fused-ring (bicyclic) bond motifs is 1. The van der Waals surface area contributed by atoms with Crippen LogP contribution in [0.5, 0.6) is 5.75 Å². The number of anilines is 1. The molecule has 2 aromatic rings. The monoisotopic (exact) mass is 424 g/mol. The van der Waals surface area contributed by atoms with Gasteiger partial charge in [0.1, 0.15) is 12.4 Å². The number of nitrogens with zero attached hydrogens (tertiary/aromatic N) is 1. The predicted molar refractivity (Wildman–Crippen MR) is 124 cm³/mol. The minimum atomic E-state index is -0.107. The summed E-state index contributed by atoms with van der Waals surface area (Å²) in [6, 6.07) is 7.81. The lowest BCUT2D eigenvalue weighted by Crippen LogP contribution is -2.58. The average molecular weight is 425 g/mol. The highest BCUT2D eigenvalue weighted by molar-refractivity contribution is 8.10. The highest BCUT2D eigenvalue weighted by Gasteiger charge is 2.61. The van der Waals surface area contributed by atoms with Gasteiger partial charge in [-0.2, -0.15) is 0 Å². The molecule has 2 bridgehead atoms. The van der Waals surface area contributed by atoms with Crippen LogP contribution in [0.25, 0.3) is 15.8 Å². The van der Waals surface area contributed by atoms with Crippen molar-refractivity contribution >= 4 is 39.2 Å². The van der Waals surface area contributed by atoms with Gasteiger partial charge in [-0.05, 0) is 62.6 Å². The maximum atomic E-state index is 12.7. The highest BCUT2D eigenvalue weighted by atomic mass is 32.2. The molecule has 5 rings (SSSR count). The molecule has 0 unspecified atom stereocenters. The fourth-order valence-corrected chi connectivity index (χ4v) is 4.84. The Morgan fingerprint density at radius 2 is 2.07 bits per heavy atom. The van der Waals surface area contributed by atoms with E-state index in [9.17, 15) is 4.79 Å². The van der Waals surface area contributed by atoms with Crippen LogP contribution in [0.3, 0.4) is 0 Å². The van der Waals surface area contributed by atoms with Crippen molar-refractivity contribution in [1.29, 1.82) is 0 Å². The van der Waals surface area contributed by atoms with Crippen LogP contribution in [0, 0.1) is 11.3 Å². The number of pyridine rings is 1. The third kappa shape index (κ3) is 3.98. The maximum Gasteiger partial charge on any atom is 0.230 e. The lowest BCUT2D eigenvalue weighted by atomic mass is 9.44. The molecule has 0 spiro atoms. The van der Waals surface area contributed by atoms with E-state index in [1.54, 1.807) is 18.9 Å². The van der Waals surface area contributed by atoms with Gasteiger partial charge in [0.15, 0.2) is 0 Å². The van der Waals surface area contributed by atoms with E-state index in [0.717, 1.165) is 58.1 Å². The Balaban J connectivity index is 1.65. The average Bonchev–Trinajstić information content (AvgIpc) is 2.66. The summed E-state index contributed by atoms with van der Waals surface area (Å²) in [5, 5.41) is 6.04. The van der Waals surface area contributed by atoms with Crippen molar-refractivity contribution in [2.24, 2.45) is 11.3 Å². The van der Waals surface area contributed by atoms with E-state index in [1.165, 1.54) is 0 Å². The third-order valence-electron chi connectivity index (χ3n) is 5.94. The van der Waals surface area contributed by atoms with E-state index in [-0.39, 0.29) is 11.3 Å². The Morgan fingerprint density at radius 1 is 1.27 bits per heavy atom. The summed E-state index contributed by atoms with van der Waals surface area (Å²) >= 11 is 1.63. The number of aromatic nitrogens is 1. The third-order valence-corrected chi connectivity index (χ3v) is 7.05. The zero-order valence-corrected chi connectivity index (χ0v) is 18.6. The number of amides is 1. The van der Waals surface area contributed by atoms with Gasteiger partial charge in [-0.1, -0.05) is 23.9 Å². The molecule has 0 radical (unpaired) electrons. The van der Waals surface area contributed by atoms with E-state index in [2.05, 4.69) is 11.4 Å². The quantitative estimate of drug-likeness (QED) is 0.529. The normalized spacial score (nSPS) is 22.6. The lowest BCUT2D eigenvalue weighted by molar-refractivity contribution is -0.158. The van der Waals surface area contributed by atoms with E-state index in [4.69, 9.17) is 14.5 Å². The Labute approximate surface area is 181 Å². The molecule has 6 heteroatoms. The molecule has 1 heterocycles. The molecular formula is C24H28N2O3S. The minimum Gasteiger partial charge on any atom is -0.490 e. The summed E-state index contributed by atoms with van der Waals surface area (Å²) in [6.07, 6.45) is 7.18. The minimum absolute atomic E-state index is 0.107. The molecule has 158 valence electrons. The number of carbonyl (C=O) groups excluding carboxylic acids is 1. The van der Waals surface area contributed by atoms with Gasteiger partial charge in [-0.25, -0.2) is 4.98 Å². The smallest absolute Gasteiger partial charge is 0.230 e. The molecule has 0 aliphatic heterocycles. The second-order valence-corrected chi connectivity index (χ2v) is 8.98. The topological polar surface area (TPSA) is 60.5 Å². The molecule has 0 atom stereocenters. The van der Waals surface area contributed by atoms with Crippen molar-refractivity contribution < 1.29 is 14.3 Å². The predicted octanol–water partition coefficient (Wildman–Crippen LogP) is 5.63. The van der Waals surface area contributed by atoms with Gasteiger partial charge >= 0.3 is 0 Å². The van der Waals surface area contributed by atoms with Gasteiger partial charge in [-0.3, -0.25) is 4.79 Å². The number of methoxy groups -OCH3 is 1. The maximum absolute atomic E-state index is 12.7. The number of allylic oxidation sites excluding steroid dienone is 2. The second kappa shape index (κ2) is 8.82. The van der Waals surface area contributed by atoms with Crippen LogP contribution >= 0.6 is 11.8 Å². The summed E-state index contributed by atoms with van der Waals surface area (Å²) in [5.41, 5.74) is 2.39. The molecule has 3 aliphatic rings. The fourth-order valence-electron chi connectivity index (χ4n) is 4.19. The summed E-state index contributed by atoms with van der Waals surface area (Å²) in [7, 11) is 1.66. The van der Waals surface area contributed by atoms with Crippen LogP contribution < -0.4 is 10.1 Å². The summed E-state index contributed by atoms with van der Waals surface area (Å²) in [5.74, 6) is 1.67. The van der Waals surface area contributed by atoms with Gasteiger partial charge in [-0.15, -0.1) is 0 Å². The summed E-state index contributed by atoms with van der Waals surface area (Å²) in [4.78, 5) is 18.6. The molecule has 3 aliphatic carbocycles. The van der Waals surface area contributed by atoms with Gasteiger partial charge in [0, 0.05) is 29.2 Å². The molecule has 0 saturated heterocycles.